The first-order valence-electron chi connectivity index (χ1n) is 15.9. The Morgan fingerprint density at radius 2 is 0.700 bits per heavy atom. The van der Waals surface area contributed by atoms with Gasteiger partial charge in [0.05, 0.1) is 0 Å². The van der Waals surface area contributed by atoms with Crippen LogP contribution >= 0.6 is 0 Å². The van der Waals surface area contributed by atoms with E-state index in [4.69, 9.17) is 0 Å². The number of nitrogens with zero attached hydrogens (tertiary/aromatic N) is 5. The molecule has 0 aromatic rings. The Hall–Kier alpha value is -0.340. The first-order chi connectivity index (χ1) is 18.1. The van der Waals surface area contributed by atoms with E-state index < -0.39 is 5.92 Å². The lowest BCUT2D eigenvalue weighted by Crippen LogP contribution is -2.42. The topological polar surface area (TPSA) is 16.2 Å². The van der Waals surface area contributed by atoms with Gasteiger partial charge in [0, 0.05) is 52.1 Å². The highest BCUT2D eigenvalue weighted by Crippen LogP contribution is 2.26. The van der Waals surface area contributed by atoms with Crippen LogP contribution in [0.2, 0.25) is 0 Å². The molecule has 0 radical (unpaired) electrons. The molecule has 244 valence electrons. The van der Waals surface area contributed by atoms with Crippen LogP contribution in [-0.2, 0) is 0 Å². The second-order valence-corrected chi connectivity index (χ2v) is 12.7. The zero-order valence-corrected chi connectivity index (χ0v) is 26.3. The Balaban J connectivity index is 0. The molecule has 0 atom stereocenters. The van der Waals surface area contributed by atoms with E-state index in [0.29, 0.717) is 13.1 Å². The molecule has 5 aliphatic rings. The van der Waals surface area contributed by atoms with E-state index in [1.54, 1.807) is 0 Å². The van der Waals surface area contributed by atoms with Gasteiger partial charge < -0.3 is 24.5 Å². The van der Waals surface area contributed by atoms with Gasteiger partial charge in [0.15, 0.2) is 0 Å². The van der Waals surface area contributed by atoms with Crippen molar-refractivity contribution in [1.82, 2.24) is 24.5 Å². The van der Waals surface area contributed by atoms with Crippen LogP contribution in [0.15, 0.2) is 0 Å². The number of halogens is 2. The summed E-state index contributed by atoms with van der Waals surface area (Å²) >= 11 is 0. The highest BCUT2D eigenvalue weighted by molar-refractivity contribution is 4.75. The molecule has 0 unspecified atom stereocenters. The Labute approximate surface area is 251 Å². The van der Waals surface area contributed by atoms with Crippen LogP contribution in [0.5, 0.6) is 0 Å². The number of hydrogen-bond acceptors (Lipinski definition) is 5. The zero-order valence-electron chi connectivity index (χ0n) is 26.3. The van der Waals surface area contributed by atoms with E-state index in [1.165, 1.54) is 123 Å². The molecule has 4 heterocycles. The third-order valence-electron chi connectivity index (χ3n) is 8.50. The lowest BCUT2D eigenvalue weighted by molar-refractivity contribution is -0.0504. The second-order valence-electron chi connectivity index (χ2n) is 12.7. The Morgan fingerprint density at radius 3 is 0.925 bits per heavy atom. The minimum Gasteiger partial charge on any atom is -0.306 e. The van der Waals surface area contributed by atoms with Crippen LogP contribution in [0.4, 0.5) is 8.78 Å². The average Bonchev–Trinajstić information content (AvgIpc) is 2.91. The van der Waals surface area contributed by atoms with Gasteiger partial charge in [-0.1, -0.05) is 66.7 Å². The number of likely N-dealkylation sites (N-methyl/N-ethyl adjacent to an activating group) is 2. The van der Waals surface area contributed by atoms with Crippen LogP contribution < -0.4 is 0 Å². The fourth-order valence-electron chi connectivity index (χ4n) is 5.26. The lowest BCUT2D eigenvalue weighted by Gasteiger charge is -2.28. The maximum atomic E-state index is 12.4. The van der Waals surface area contributed by atoms with Crippen molar-refractivity contribution in [2.45, 2.75) is 111 Å². The van der Waals surface area contributed by atoms with Crippen LogP contribution in [0.25, 0.3) is 0 Å². The smallest absolute Gasteiger partial charge is 0.250 e. The van der Waals surface area contributed by atoms with Crippen molar-refractivity contribution in [3.63, 3.8) is 0 Å². The van der Waals surface area contributed by atoms with Gasteiger partial charge in [0.1, 0.15) is 0 Å². The van der Waals surface area contributed by atoms with Gasteiger partial charge in [-0.25, -0.2) is 8.78 Å². The van der Waals surface area contributed by atoms with Crippen molar-refractivity contribution >= 4 is 0 Å². The quantitative estimate of drug-likeness (QED) is 0.300. The Kier molecular flexibility index (Phi) is 26.3. The fourth-order valence-corrected chi connectivity index (χ4v) is 5.26. The lowest BCUT2D eigenvalue weighted by atomic mass is 9.91. The summed E-state index contributed by atoms with van der Waals surface area (Å²) < 4.78 is 24.7. The number of piperazine rings is 1. The predicted octanol–water partition coefficient (Wildman–Crippen LogP) is 7.27. The summed E-state index contributed by atoms with van der Waals surface area (Å²) in [7, 11) is 10.6. The van der Waals surface area contributed by atoms with Crippen LogP contribution in [0.1, 0.15) is 105 Å². The average molecular weight is 578 g/mol. The van der Waals surface area contributed by atoms with Crippen molar-refractivity contribution in [1.29, 1.82) is 0 Å². The highest BCUT2D eigenvalue weighted by atomic mass is 19.3. The molecule has 0 amide bonds. The molecule has 40 heavy (non-hydrogen) atoms. The van der Waals surface area contributed by atoms with Gasteiger partial charge in [0.25, 0.3) is 5.92 Å². The molecular weight excluding hydrogens is 504 g/mol. The number of likely N-dealkylation sites (tertiary alicyclic amines) is 3. The maximum Gasteiger partial charge on any atom is 0.250 e. The number of piperidine rings is 3. The molecule has 0 spiro atoms. The highest BCUT2D eigenvalue weighted by Gasteiger charge is 2.32. The van der Waals surface area contributed by atoms with Crippen molar-refractivity contribution in [2.24, 2.45) is 5.92 Å². The van der Waals surface area contributed by atoms with Crippen molar-refractivity contribution in [3.8, 4) is 0 Å². The van der Waals surface area contributed by atoms with Crippen LogP contribution in [0, 0.1) is 5.92 Å². The minimum atomic E-state index is -2.38. The molecule has 0 aromatic heterocycles. The molecule has 5 rings (SSSR count). The van der Waals surface area contributed by atoms with Gasteiger partial charge in [-0.3, -0.25) is 0 Å². The molecule has 1 saturated carbocycles. The van der Waals surface area contributed by atoms with Crippen molar-refractivity contribution in [2.75, 3.05) is 101 Å². The minimum absolute atomic E-state index is 0. The Morgan fingerprint density at radius 1 is 0.425 bits per heavy atom. The number of alkyl halides is 2. The van der Waals surface area contributed by atoms with E-state index in [0.717, 1.165) is 5.92 Å². The molecule has 0 bridgehead atoms. The second kappa shape index (κ2) is 25.2. The predicted molar refractivity (Wildman–Crippen MR) is 175 cm³/mol. The molecule has 5 fully saturated rings. The van der Waals surface area contributed by atoms with E-state index >= 15 is 0 Å². The normalized spacial score (nSPS) is 24.9. The SMILES string of the molecule is C.C.CC1CCCCC1.CN1CCC(F)(F)CC1.CN1CCCCC1.CN1CCCCC1.CN1CCN(C)CC1. The zero-order chi connectivity index (χ0) is 28.2. The van der Waals surface area contributed by atoms with Crippen LogP contribution in [0.3, 0.4) is 0 Å². The largest absolute Gasteiger partial charge is 0.306 e. The molecule has 0 aromatic carbocycles. The number of rotatable bonds is 0. The van der Waals surface area contributed by atoms with Crippen molar-refractivity contribution < 1.29 is 8.78 Å². The van der Waals surface area contributed by atoms with E-state index in [2.05, 4.69) is 54.7 Å². The monoisotopic (exact) mass is 578 g/mol. The van der Waals surface area contributed by atoms with Gasteiger partial charge >= 0.3 is 0 Å². The third kappa shape index (κ3) is 24.3. The molecule has 4 aliphatic heterocycles. The summed E-state index contributed by atoms with van der Waals surface area (Å²) in [6.07, 6.45) is 16.0. The fraction of sp³-hybridized carbons (Fsp3) is 1.00. The maximum absolute atomic E-state index is 12.4. The van der Waals surface area contributed by atoms with E-state index in [-0.39, 0.29) is 27.7 Å². The standard InChI is InChI=1S/C7H14.C6H11F2N.C6H14N2.2C6H13N.2CH4/c1-7-5-3-2-4-6-7;1-9-4-2-6(7,8)3-5-9;1-7-3-5-8(2)6-4-7;2*1-7-5-3-2-4-6-7;;/h7H,2-6H2,1H3;2-5H2,1H3;3-6H2,1-2H3;2*2-6H2,1H3;2*1H4. The molecule has 5 nitrogen and oxygen atoms in total. The van der Waals surface area contributed by atoms with E-state index in [9.17, 15) is 8.78 Å². The van der Waals surface area contributed by atoms with Crippen LogP contribution in [-0.4, -0.2) is 131 Å². The van der Waals surface area contributed by atoms with Gasteiger partial charge in [-0.15, -0.1) is 0 Å². The summed E-state index contributed by atoms with van der Waals surface area (Å²) in [4.78, 5) is 11.4. The number of hydrogen-bond donors (Lipinski definition) is 0. The molecule has 7 heteroatoms. The first-order valence-corrected chi connectivity index (χ1v) is 15.9. The molecule has 1 aliphatic carbocycles. The van der Waals surface area contributed by atoms with Gasteiger partial charge in [-0.2, -0.15) is 0 Å². The molecular formula is C33H73F2N5. The van der Waals surface area contributed by atoms with Crippen molar-refractivity contribution in [3.05, 3.63) is 0 Å². The van der Waals surface area contributed by atoms with Gasteiger partial charge in [-0.05, 0) is 93.0 Å². The molecule has 0 N–H and O–H groups in total. The summed E-state index contributed by atoms with van der Waals surface area (Å²) in [6.45, 7) is 13.6. The first kappa shape index (κ1) is 41.8. The summed E-state index contributed by atoms with van der Waals surface area (Å²) in [5.41, 5.74) is 0. The summed E-state index contributed by atoms with van der Waals surface area (Å²) in [5, 5.41) is 0. The third-order valence-corrected chi connectivity index (χ3v) is 8.50. The summed E-state index contributed by atoms with van der Waals surface area (Å²) in [5.74, 6) is -1.35. The Bertz CT molecular complexity index is 467. The molecule has 4 saturated heterocycles. The summed E-state index contributed by atoms with van der Waals surface area (Å²) in [6, 6.07) is 0. The van der Waals surface area contributed by atoms with Gasteiger partial charge in [0.2, 0.25) is 0 Å². The van der Waals surface area contributed by atoms with E-state index in [1.807, 2.05) is 11.9 Å².